The first-order valence-corrected chi connectivity index (χ1v) is 18.3. The Morgan fingerprint density at radius 3 is 1.26 bits per heavy atom. The molecular weight excluding hydrogens is 632 g/mol. The number of nitrogens with zero attached hydrogens (tertiary/aromatic N) is 2. The van der Waals surface area contributed by atoms with Gasteiger partial charge in [0, 0.05) is 62.5 Å². The van der Waals surface area contributed by atoms with Gasteiger partial charge in [0.25, 0.3) is 0 Å². The highest BCUT2D eigenvalue weighted by Crippen LogP contribution is 2.32. The lowest BCUT2D eigenvalue weighted by Gasteiger charge is -2.36. The van der Waals surface area contributed by atoms with Crippen LogP contribution in [0, 0.1) is 0 Å². The van der Waals surface area contributed by atoms with Gasteiger partial charge in [0.05, 0.1) is 14.2 Å². The Hall–Kier alpha value is -3.50. The number of ether oxygens (including phenoxy) is 4. The van der Waals surface area contributed by atoms with Crippen LogP contribution in [0.2, 0.25) is 0 Å². The van der Waals surface area contributed by atoms with E-state index in [1.54, 1.807) is 24.0 Å². The number of amides is 2. The first-order chi connectivity index (χ1) is 23.6. The predicted octanol–water partition coefficient (Wildman–Crippen LogP) is 7.91. The molecule has 2 saturated carbocycles. The number of carbonyl (C=O) groups is 2. The van der Waals surface area contributed by atoms with Gasteiger partial charge in [0.15, 0.2) is 0 Å². The van der Waals surface area contributed by atoms with Crippen LogP contribution in [0.1, 0.15) is 104 Å². The molecule has 0 aliphatic heterocycles. The second kappa shape index (κ2) is 17.1. The predicted molar refractivity (Wildman–Crippen MR) is 199 cm³/mol. The zero-order chi connectivity index (χ0) is 36.6. The Bertz CT molecular complexity index is 1310. The molecule has 0 atom stereocenters. The number of hydrogen-bond acceptors (Lipinski definition) is 8. The fourth-order valence-electron chi connectivity index (χ4n) is 7.00. The molecule has 2 amide bonds. The molecule has 10 heteroatoms. The normalized spacial score (nSPS) is 21.2. The third-order valence-corrected chi connectivity index (χ3v) is 9.91. The Balaban J connectivity index is 1.33. The van der Waals surface area contributed by atoms with Gasteiger partial charge in [-0.2, -0.15) is 0 Å². The Labute approximate surface area is 300 Å². The van der Waals surface area contributed by atoms with Gasteiger partial charge in [-0.05, 0) is 128 Å². The van der Waals surface area contributed by atoms with Gasteiger partial charge in [-0.3, -0.25) is 0 Å². The van der Waals surface area contributed by atoms with Crippen LogP contribution in [0.25, 0.3) is 11.1 Å². The molecule has 0 radical (unpaired) electrons. The van der Waals surface area contributed by atoms with Gasteiger partial charge < -0.3 is 39.4 Å². The Morgan fingerprint density at radius 2 is 0.960 bits per heavy atom. The topological polar surface area (TPSA) is 102 Å². The highest BCUT2D eigenvalue weighted by atomic mass is 16.6. The molecule has 2 aromatic carbocycles. The lowest BCUT2D eigenvalue weighted by Crippen LogP contribution is -2.44. The maximum absolute atomic E-state index is 12.6. The average Bonchev–Trinajstić information content (AvgIpc) is 3.07. The number of rotatable bonds is 11. The molecule has 0 saturated heterocycles. The maximum Gasteiger partial charge on any atom is 0.410 e. The van der Waals surface area contributed by atoms with Gasteiger partial charge in [0.2, 0.25) is 0 Å². The van der Waals surface area contributed by atoms with Crippen molar-refractivity contribution in [3.8, 4) is 22.6 Å². The minimum Gasteiger partial charge on any atom is -0.496 e. The molecule has 2 aromatic rings. The second-order valence-corrected chi connectivity index (χ2v) is 16.0. The summed E-state index contributed by atoms with van der Waals surface area (Å²) in [5, 5.41) is 7.51. The van der Waals surface area contributed by atoms with Crippen LogP contribution in [0.15, 0.2) is 36.4 Å². The molecule has 0 unspecified atom stereocenters. The average molecular weight is 695 g/mol. The quantitative estimate of drug-likeness (QED) is 0.245. The third kappa shape index (κ3) is 11.3. The lowest BCUT2D eigenvalue weighted by atomic mass is 9.90. The van der Waals surface area contributed by atoms with Crippen molar-refractivity contribution in [3.05, 3.63) is 47.5 Å². The smallest absolute Gasteiger partial charge is 0.410 e. The highest BCUT2D eigenvalue weighted by molar-refractivity contribution is 5.69. The van der Waals surface area contributed by atoms with Crippen LogP contribution in [0.4, 0.5) is 9.59 Å². The van der Waals surface area contributed by atoms with Crippen LogP contribution in [0.5, 0.6) is 11.5 Å². The van der Waals surface area contributed by atoms with Gasteiger partial charge in [-0.15, -0.1) is 0 Å². The van der Waals surface area contributed by atoms with Crippen LogP contribution >= 0.6 is 0 Å². The van der Waals surface area contributed by atoms with E-state index in [1.807, 2.05) is 67.8 Å². The standard InChI is InChI=1S/C40H62N4O6/c1-39(2,3)49-37(45)43(7)33-17-13-31(14-18-33)41-25-29-23-27(11-21-35(29)47-9)28-12-22-36(48-10)30(24-28)26-42-32-15-19-34(20-16-32)44(8)38(46)50-40(4,5)6/h11-12,21-24,31-34,41-42H,13-20,25-26H2,1-10H3/t31-,32-,33-,34-. The van der Waals surface area contributed by atoms with Crippen molar-refractivity contribution < 1.29 is 28.5 Å². The van der Waals surface area contributed by atoms with E-state index in [0.717, 1.165) is 85.1 Å². The molecule has 2 N–H and O–H groups in total. The van der Waals surface area contributed by atoms with Crippen LogP contribution in [-0.4, -0.2) is 85.7 Å². The summed E-state index contributed by atoms with van der Waals surface area (Å²) >= 11 is 0. The molecule has 0 heterocycles. The summed E-state index contributed by atoms with van der Waals surface area (Å²) < 4.78 is 22.7. The molecule has 50 heavy (non-hydrogen) atoms. The molecule has 278 valence electrons. The number of methoxy groups -OCH3 is 2. The number of nitrogens with one attached hydrogen (secondary N) is 2. The van der Waals surface area contributed by atoms with Gasteiger partial charge in [-0.1, -0.05) is 12.1 Å². The lowest BCUT2D eigenvalue weighted by molar-refractivity contribution is 0.0169. The summed E-state index contributed by atoms with van der Waals surface area (Å²) in [6.45, 7) is 12.8. The van der Waals surface area contributed by atoms with E-state index in [9.17, 15) is 9.59 Å². The van der Waals surface area contributed by atoms with E-state index in [4.69, 9.17) is 18.9 Å². The monoisotopic (exact) mass is 694 g/mol. The minimum atomic E-state index is -0.494. The molecule has 0 bridgehead atoms. The van der Waals surface area contributed by atoms with Gasteiger partial charge in [0.1, 0.15) is 22.7 Å². The van der Waals surface area contributed by atoms with Crippen molar-refractivity contribution in [2.45, 2.75) is 141 Å². The van der Waals surface area contributed by atoms with E-state index < -0.39 is 11.2 Å². The first kappa shape index (κ1) is 39.3. The highest BCUT2D eigenvalue weighted by Gasteiger charge is 2.31. The molecule has 2 aliphatic rings. The summed E-state index contributed by atoms with van der Waals surface area (Å²) in [5.74, 6) is 1.73. The van der Waals surface area contributed by atoms with E-state index in [1.165, 1.54) is 0 Å². The largest absolute Gasteiger partial charge is 0.496 e. The third-order valence-electron chi connectivity index (χ3n) is 9.91. The fraction of sp³-hybridized carbons (Fsp3) is 0.650. The van der Waals surface area contributed by atoms with E-state index in [-0.39, 0.29) is 24.3 Å². The van der Waals surface area contributed by atoms with Gasteiger partial charge in [-0.25, -0.2) is 9.59 Å². The van der Waals surface area contributed by atoms with Crippen molar-refractivity contribution in [1.82, 2.24) is 20.4 Å². The Kier molecular flexibility index (Phi) is 13.5. The van der Waals surface area contributed by atoms with Crippen molar-refractivity contribution in [1.29, 1.82) is 0 Å². The molecule has 2 fully saturated rings. The van der Waals surface area contributed by atoms with Crippen LogP contribution < -0.4 is 20.1 Å². The second-order valence-electron chi connectivity index (χ2n) is 16.0. The van der Waals surface area contributed by atoms with Crippen molar-refractivity contribution in [2.24, 2.45) is 0 Å². The molecule has 4 rings (SSSR count). The minimum absolute atomic E-state index is 0.195. The molecule has 10 nitrogen and oxygen atoms in total. The summed E-state index contributed by atoms with van der Waals surface area (Å²) in [6, 6.07) is 13.9. The van der Waals surface area contributed by atoms with Crippen LogP contribution in [-0.2, 0) is 22.6 Å². The summed E-state index contributed by atoms with van der Waals surface area (Å²) in [4.78, 5) is 28.7. The van der Waals surface area contributed by atoms with Crippen molar-refractivity contribution in [2.75, 3.05) is 28.3 Å². The maximum atomic E-state index is 12.6. The van der Waals surface area contributed by atoms with Crippen molar-refractivity contribution in [3.63, 3.8) is 0 Å². The van der Waals surface area contributed by atoms with E-state index >= 15 is 0 Å². The molecule has 0 aromatic heterocycles. The molecule has 2 aliphatic carbocycles. The van der Waals surface area contributed by atoms with E-state index in [0.29, 0.717) is 25.2 Å². The zero-order valence-electron chi connectivity index (χ0n) is 32.2. The summed E-state index contributed by atoms with van der Waals surface area (Å²) in [5.41, 5.74) is 3.49. The van der Waals surface area contributed by atoms with Gasteiger partial charge >= 0.3 is 12.2 Å². The molecule has 0 spiro atoms. The van der Waals surface area contributed by atoms with E-state index in [2.05, 4.69) is 34.9 Å². The SMILES string of the molecule is COc1ccc(-c2ccc(OC)c(CN[C@H]3CC[C@H](N(C)C(=O)OC(C)(C)C)CC3)c2)cc1CN[C@H]1CC[C@H](N(C)C(=O)OC(C)(C)C)CC1. The summed E-state index contributed by atoms with van der Waals surface area (Å²) in [6.07, 6.45) is 7.26. The fourth-order valence-corrected chi connectivity index (χ4v) is 7.00. The number of carbonyl (C=O) groups excluding carboxylic acids is 2. The first-order valence-electron chi connectivity index (χ1n) is 18.3. The number of hydrogen-bond donors (Lipinski definition) is 2. The zero-order valence-corrected chi connectivity index (χ0v) is 32.2. The van der Waals surface area contributed by atoms with Crippen molar-refractivity contribution >= 4 is 12.2 Å². The Morgan fingerprint density at radius 1 is 0.620 bits per heavy atom. The molecular formula is C40H62N4O6. The van der Waals surface area contributed by atoms with Crippen LogP contribution in [0.3, 0.4) is 0 Å². The number of benzene rings is 2. The summed E-state index contributed by atoms with van der Waals surface area (Å²) in [7, 11) is 7.14.